The topological polar surface area (TPSA) is 71.1 Å². The molecule has 1 fully saturated rings. The molecule has 2 aliphatic rings. The van der Waals surface area contributed by atoms with Crippen LogP contribution in [-0.2, 0) is 28.5 Å². The Hall–Kier alpha value is -1.25. The Morgan fingerprint density at radius 3 is 1.93 bits per heavy atom. The van der Waals surface area contributed by atoms with Crippen LogP contribution in [0.25, 0.3) is 0 Å². The SMILES string of the molecule is Cc1ccc(S(=O)(=O)OCCOCCOCCOC[C@H]2[C@@H]3CC/C=C/CC[C@@H]32)cc1. The van der Waals surface area contributed by atoms with Gasteiger partial charge in [0.25, 0.3) is 10.1 Å². The molecule has 168 valence electrons. The van der Waals surface area contributed by atoms with Crippen LogP contribution in [0, 0.1) is 24.7 Å². The molecule has 0 aromatic heterocycles. The Labute approximate surface area is 180 Å². The summed E-state index contributed by atoms with van der Waals surface area (Å²) in [4.78, 5) is 0.157. The predicted octanol–water partition coefficient (Wildman–Crippen LogP) is 3.74. The first kappa shape index (κ1) is 23.4. The second-order valence-corrected chi connectivity index (χ2v) is 9.62. The molecule has 30 heavy (non-hydrogen) atoms. The summed E-state index contributed by atoms with van der Waals surface area (Å²) in [6.45, 7) is 4.93. The highest BCUT2D eigenvalue weighted by atomic mass is 32.2. The van der Waals surface area contributed by atoms with Gasteiger partial charge in [0.05, 0.1) is 51.1 Å². The summed E-state index contributed by atoms with van der Waals surface area (Å²) in [6, 6.07) is 6.56. The maximum Gasteiger partial charge on any atom is 0.297 e. The molecule has 2 aliphatic carbocycles. The zero-order valence-corrected chi connectivity index (χ0v) is 18.6. The van der Waals surface area contributed by atoms with Gasteiger partial charge in [-0.15, -0.1) is 0 Å². The monoisotopic (exact) mass is 438 g/mol. The molecule has 0 radical (unpaired) electrons. The second kappa shape index (κ2) is 12.0. The largest absolute Gasteiger partial charge is 0.379 e. The molecular formula is C23H34O6S. The normalized spacial score (nSPS) is 24.6. The Morgan fingerprint density at radius 1 is 0.800 bits per heavy atom. The van der Waals surface area contributed by atoms with Gasteiger partial charge in [-0.05, 0) is 62.5 Å². The fourth-order valence-corrected chi connectivity index (χ4v) is 4.97. The van der Waals surface area contributed by atoms with E-state index in [0.29, 0.717) is 26.4 Å². The molecule has 0 spiro atoms. The molecule has 0 heterocycles. The van der Waals surface area contributed by atoms with Gasteiger partial charge in [0, 0.05) is 0 Å². The van der Waals surface area contributed by atoms with Crippen LogP contribution >= 0.6 is 0 Å². The van der Waals surface area contributed by atoms with Crippen LogP contribution in [0.5, 0.6) is 0 Å². The highest BCUT2D eigenvalue weighted by Crippen LogP contribution is 2.52. The number of hydrogen-bond donors (Lipinski definition) is 0. The van der Waals surface area contributed by atoms with Gasteiger partial charge >= 0.3 is 0 Å². The summed E-state index contributed by atoms with van der Waals surface area (Å²) < 4.78 is 45.7. The Morgan fingerprint density at radius 2 is 1.33 bits per heavy atom. The molecule has 1 aromatic carbocycles. The molecule has 0 bridgehead atoms. The van der Waals surface area contributed by atoms with Gasteiger partial charge in [-0.3, -0.25) is 4.18 Å². The minimum absolute atomic E-state index is 0.0153. The van der Waals surface area contributed by atoms with Gasteiger partial charge in [0.1, 0.15) is 0 Å². The van der Waals surface area contributed by atoms with Gasteiger partial charge < -0.3 is 14.2 Å². The summed E-state index contributed by atoms with van der Waals surface area (Å²) in [6.07, 6.45) is 9.67. The van der Waals surface area contributed by atoms with Crippen LogP contribution in [0.3, 0.4) is 0 Å². The van der Waals surface area contributed by atoms with E-state index in [1.807, 2.05) is 6.92 Å². The van der Waals surface area contributed by atoms with Crippen LogP contribution in [-0.4, -0.2) is 54.7 Å². The number of hydrogen-bond acceptors (Lipinski definition) is 6. The number of fused-ring (bicyclic) bond motifs is 1. The van der Waals surface area contributed by atoms with E-state index >= 15 is 0 Å². The lowest BCUT2D eigenvalue weighted by Gasteiger charge is -2.08. The molecule has 0 amide bonds. The van der Waals surface area contributed by atoms with Crippen molar-refractivity contribution in [3.63, 3.8) is 0 Å². The Balaban J connectivity index is 1.14. The van der Waals surface area contributed by atoms with E-state index in [4.69, 9.17) is 18.4 Å². The summed E-state index contributed by atoms with van der Waals surface area (Å²) in [5.41, 5.74) is 0.997. The van der Waals surface area contributed by atoms with Crippen molar-refractivity contribution >= 4 is 10.1 Å². The smallest absolute Gasteiger partial charge is 0.297 e. The Kier molecular flexibility index (Phi) is 9.33. The quantitative estimate of drug-likeness (QED) is 0.265. The molecule has 3 atom stereocenters. The first-order chi connectivity index (χ1) is 14.6. The average molecular weight is 439 g/mol. The van der Waals surface area contributed by atoms with Crippen molar-refractivity contribution in [2.75, 3.05) is 46.2 Å². The summed E-state index contributed by atoms with van der Waals surface area (Å²) >= 11 is 0. The van der Waals surface area contributed by atoms with Crippen molar-refractivity contribution in [3.05, 3.63) is 42.0 Å². The van der Waals surface area contributed by atoms with Crippen molar-refractivity contribution in [3.8, 4) is 0 Å². The van der Waals surface area contributed by atoms with Crippen molar-refractivity contribution in [2.45, 2.75) is 37.5 Å². The summed E-state index contributed by atoms with van der Waals surface area (Å²) in [7, 11) is -3.73. The lowest BCUT2D eigenvalue weighted by Crippen LogP contribution is -2.14. The third kappa shape index (κ3) is 7.46. The fraction of sp³-hybridized carbons (Fsp3) is 0.652. The van der Waals surface area contributed by atoms with E-state index in [1.165, 1.54) is 25.7 Å². The van der Waals surface area contributed by atoms with E-state index in [1.54, 1.807) is 24.3 Å². The fourth-order valence-electron chi connectivity index (χ4n) is 4.08. The zero-order chi connectivity index (χ0) is 21.2. The predicted molar refractivity (Wildman–Crippen MR) is 115 cm³/mol. The first-order valence-electron chi connectivity index (χ1n) is 10.9. The molecule has 0 unspecified atom stereocenters. The Bertz CT molecular complexity index is 742. The van der Waals surface area contributed by atoms with E-state index in [0.717, 1.165) is 29.9 Å². The highest BCUT2D eigenvalue weighted by Gasteiger charge is 2.48. The van der Waals surface area contributed by atoms with Crippen molar-refractivity contribution in [2.24, 2.45) is 17.8 Å². The number of allylic oxidation sites excluding steroid dienone is 2. The second-order valence-electron chi connectivity index (χ2n) is 8.01. The van der Waals surface area contributed by atoms with Crippen molar-refractivity contribution in [1.82, 2.24) is 0 Å². The number of ether oxygens (including phenoxy) is 3. The third-order valence-electron chi connectivity index (χ3n) is 5.84. The number of benzene rings is 1. The molecule has 1 aromatic rings. The molecule has 1 saturated carbocycles. The number of rotatable bonds is 13. The zero-order valence-electron chi connectivity index (χ0n) is 17.8. The van der Waals surface area contributed by atoms with Crippen LogP contribution < -0.4 is 0 Å². The highest BCUT2D eigenvalue weighted by molar-refractivity contribution is 7.86. The average Bonchev–Trinajstić information content (AvgIpc) is 3.35. The molecule has 7 heteroatoms. The van der Waals surface area contributed by atoms with E-state index in [-0.39, 0.29) is 18.1 Å². The van der Waals surface area contributed by atoms with Gasteiger partial charge in [-0.25, -0.2) is 0 Å². The molecule has 0 N–H and O–H groups in total. The lowest BCUT2D eigenvalue weighted by atomic mass is 10.1. The van der Waals surface area contributed by atoms with Crippen molar-refractivity contribution < 1.29 is 26.8 Å². The lowest BCUT2D eigenvalue weighted by molar-refractivity contribution is 0.00690. The minimum atomic E-state index is -3.73. The third-order valence-corrected chi connectivity index (χ3v) is 7.17. The van der Waals surface area contributed by atoms with E-state index < -0.39 is 10.1 Å². The van der Waals surface area contributed by atoms with Gasteiger partial charge in [-0.1, -0.05) is 29.8 Å². The van der Waals surface area contributed by atoms with Crippen LogP contribution in [0.1, 0.15) is 31.2 Å². The summed E-state index contributed by atoms with van der Waals surface area (Å²) in [5.74, 6) is 2.46. The standard InChI is InChI=1S/C23H34O6S/c1-19-8-10-20(11-9-19)30(24,25)29-17-16-27-13-12-26-14-15-28-18-23-21-6-4-2-3-5-7-22(21)23/h2-3,8-11,21-23H,4-7,12-18H2,1H3/b3-2+/t21-,22+,23+. The molecular weight excluding hydrogens is 404 g/mol. The van der Waals surface area contributed by atoms with Crippen LogP contribution in [0.2, 0.25) is 0 Å². The summed E-state index contributed by atoms with van der Waals surface area (Å²) in [5, 5.41) is 0. The minimum Gasteiger partial charge on any atom is -0.379 e. The molecule has 6 nitrogen and oxygen atoms in total. The maximum absolute atomic E-state index is 12.0. The van der Waals surface area contributed by atoms with E-state index in [2.05, 4.69) is 12.2 Å². The molecule has 0 aliphatic heterocycles. The maximum atomic E-state index is 12.0. The van der Waals surface area contributed by atoms with Crippen LogP contribution in [0.4, 0.5) is 0 Å². The van der Waals surface area contributed by atoms with Crippen LogP contribution in [0.15, 0.2) is 41.3 Å². The first-order valence-corrected chi connectivity index (χ1v) is 12.3. The molecule has 3 rings (SSSR count). The van der Waals surface area contributed by atoms with E-state index in [9.17, 15) is 8.42 Å². The number of aryl methyl sites for hydroxylation is 1. The van der Waals surface area contributed by atoms with Gasteiger partial charge in [-0.2, -0.15) is 8.42 Å². The molecule has 0 saturated heterocycles. The van der Waals surface area contributed by atoms with Gasteiger partial charge in [0.15, 0.2) is 0 Å². The van der Waals surface area contributed by atoms with Crippen molar-refractivity contribution in [1.29, 1.82) is 0 Å². The van der Waals surface area contributed by atoms with Gasteiger partial charge in [0.2, 0.25) is 0 Å².